The minimum atomic E-state index is -0.506. The highest BCUT2D eigenvalue weighted by molar-refractivity contribution is 9.10. The van der Waals surface area contributed by atoms with Gasteiger partial charge in [0.1, 0.15) is 5.76 Å². The van der Waals surface area contributed by atoms with Crippen LogP contribution in [0.4, 0.5) is 0 Å². The summed E-state index contributed by atoms with van der Waals surface area (Å²) in [6.07, 6.45) is 0.0357. The van der Waals surface area contributed by atoms with Gasteiger partial charge in [0.2, 0.25) is 11.2 Å². The molecular weight excluding hydrogens is 420 g/mol. The maximum atomic E-state index is 12.2. The molecular formula is C19H21BrO5S. The minimum Gasteiger partial charge on any atom is -0.502 e. The molecule has 0 fully saturated rings. The molecule has 0 aliphatic heterocycles. The van der Waals surface area contributed by atoms with Gasteiger partial charge in [-0.25, -0.2) is 0 Å². The largest absolute Gasteiger partial charge is 0.502 e. The average molecular weight is 441 g/mol. The molecule has 1 N–H and O–H groups in total. The molecule has 0 amide bonds. The van der Waals surface area contributed by atoms with Crippen LogP contribution in [0.3, 0.4) is 0 Å². The van der Waals surface area contributed by atoms with E-state index in [0.717, 1.165) is 9.37 Å². The second-order valence-electron chi connectivity index (χ2n) is 6.16. The van der Waals surface area contributed by atoms with Crippen LogP contribution in [0.2, 0.25) is 0 Å². The summed E-state index contributed by atoms with van der Waals surface area (Å²) in [7, 11) is 1.31. The Morgan fingerprint density at radius 1 is 1.31 bits per heavy atom. The second-order valence-corrected chi connectivity index (χ2v) is 8.13. The fourth-order valence-electron chi connectivity index (χ4n) is 2.46. The number of esters is 1. The number of rotatable bonds is 7. The zero-order valence-corrected chi connectivity index (χ0v) is 17.2. The Balaban J connectivity index is 2.27. The van der Waals surface area contributed by atoms with Crippen molar-refractivity contribution in [3.05, 3.63) is 56.5 Å². The van der Waals surface area contributed by atoms with E-state index in [1.807, 2.05) is 38.1 Å². The van der Waals surface area contributed by atoms with Gasteiger partial charge in [-0.3, -0.25) is 9.59 Å². The molecule has 1 aromatic heterocycles. The first kappa shape index (κ1) is 20.6. The molecule has 0 spiro atoms. The van der Waals surface area contributed by atoms with Crippen LogP contribution in [-0.4, -0.2) is 18.2 Å². The van der Waals surface area contributed by atoms with Crippen molar-refractivity contribution in [2.75, 3.05) is 7.11 Å². The molecule has 1 unspecified atom stereocenters. The smallest absolute Gasteiger partial charge is 0.306 e. The Bertz CT molecular complexity index is 814. The molecule has 140 valence electrons. The number of aromatic hydroxyl groups is 1. The standard InChI is InChI=1S/C19H21BrO5S/c1-11(2)15(9-17(22)24-3)19-18(23)16(21)8-13(25-19)10-26-14-6-4-12(20)5-7-14/h4-8,11,15,23H,9-10H2,1-3H3. The molecule has 0 aliphatic rings. The van der Waals surface area contributed by atoms with Crippen LogP contribution in [0.15, 0.2) is 48.9 Å². The van der Waals surface area contributed by atoms with Gasteiger partial charge in [0.25, 0.3) is 0 Å². The van der Waals surface area contributed by atoms with Crippen molar-refractivity contribution in [1.29, 1.82) is 0 Å². The number of hydrogen-bond acceptors (Lipinski definition) is 6. The summed E-state index contributed by atoms with van der Waals surface area (Å²) in [6, 6.07) is 9.09. The SMILES string of the molecule is COC(=O)CC(c1oc(CSc2ccc(Br)cc2)cc(=O)c1O)C(C)C. The van der Waals surface area contributed by atoms with Crippen molar-refractivity contribution in [2.24, 2.45) is 5.92 Å². The van der Waals surface area contributed by atoms with Crippen LogP contribution >= 0.6 is 27.7 Å². The maximum absolute atomic E-state index is 12.2. The van der Waals surface area contributed by atoms with Gasteiger partial charge in [-0.15, -0.1) is 11.8 Å². The Kier molecular flexibility index (Phi) is 7.34. The highest BCUT2D eigenvalue weighted by Gasteiger charge is 2.27. The van der Waals surface area contributed by atoms with Gasteiger partial charge in [-0.05, 0) is 30.2 Å². The van der Waals surface area contributed by atoms with E-state index in [4.69, 9.17) is 9.15 Å². The Morgan fingerprint density at radius 3 is 2.54 bits per heavy atom. The molecule has 7 heteroatoms. The lowest BCUT2D eigenvalue weighted by atomic mass is 9.89. The molecule has 26 heavy (non-hydrogen) atoms. The Labute approximate surface area is 164 Å². The van der Waals surface area contributed by atoms with Crippen molar-refractivity contribution in [3.63, 3.8) is 0 Å². The van der Waals surface area contributed by atoms with Crippen LogP contribution in [0.5, 0.6) is 5.75 Å². The number of ether oxygens (including phenoxy) is 1. The highest BCUT2D eigenvalue weighted by Crippen LogP contribution is 2.34. The summed E-state index contributed by atoms with van der Waals surface area (Å²) >= 11 is 4.91. The molecule has 0 saturated heterocycles. The molecule has 1 atom stereocenters. The first-order valence-electron chi connectivity index (χ1n) is 8.13. The molecule has 2 rings (SSSR count). The van der Waals surface area contributed by atoms with Crippen molar-refractivity contribution in [1.82, 2.24) is 0 Å². The summed E-state index contributed by atoms with van der Waals surface area (Å²) in [6.45, 7) is 3.80. The van der Waals surface area contributed by atoms with Crippen molar-refractivity contribution < 1.29 is 19.1 Å². The third-order valence-corrected chi connectivity index (χ3v) is 5.51. The summed E-state index contributed by atoms with van der Waals surface area (Å²) in [5.74, 6) is -0.279. The number of carbonyl (C=O) groups excluding carboxylic acids is 1. The van der Waals surface area contributed by atoms with Crippen LogP contribution in [0.25, 0.3) is 0 Å². The lowest BCUT2D eigenvalue weighted by Gasteiger charge is -2.20. The van der Waals surface area contributed by atoms with Crippen LogP contribution in [-0.2, 0) is 15.3 Å². The number of carbonyl (C=O) groups is 1. The number of thioether (sulfide) groups is 1. The third-order valence-electron chi connectivity index (χ3n) is 3.95. The van der Waals surface area contributed by atoms with Crippen LogP contribution in [0.1, 0.15) is 37.7 Å². The zero-order valence-electron chi connectivity index (χ0n) is 14.8. The Hall–Kier alpha value is -1.73. The molecule has 0 saturated carbocycles. The summed E-state index contributed by atoms with van der Waals surface area (Å²) in [5, 5.41) is 10.2. The quantitative estimate of drug-likeness (QED) is 0.496. The lowest BCUT2D eigenvalue weighted by Crippen LogP contribution is -2.16. The molecule has 5 nitrogen and oxygen atoms in total. The minimum absolute atomic E-state index is 0.0162. The van der Waals surface area contributed by atoms with Gasteiger partial charge in [0, 0.05) is 21.4 Å². The van der Waals surface area contributed by atoms with Gasteiger partial charge in [0.15, 0.2) is 5.76 Å². The van der Waals surface area contributed by atoms with Gasteiger partial charge in [-0.2, -0.15) is 0 Å². The van der Waals surface area contributed by atoms with E-state index in [1.54, 1.807) is 0 Å². The summed E-state index contributed by atoms with van der Waals surface area (Å²) < 4.78 is 11.5. The predicted molar refractivity (Wildman–Crippen MR) is 105 cm³/mol. The number of benzene rings is 1. The highest BCUT2D eigenvalue weighted by atomic mass is 79.9. The zero-order chi connectivity index (χ0) is 19.3. The van der Waals surface area contributed by atoms with E-state index in [-0.39, 0.29) is 18.1 Å². The number of hydrogen-bond donors (Lipinski definition) is 1. The molecule has 1 aromatic carbocycles. The van der Waals surface area contributed by atoms with Crippen molar-refractivity contribution in [3.8, 4) is 5.75 Å². The predicted octanol–water partition coefficient (Wildman–Crippen LogP) is 4.70. The summed E-state index contributed by atoms with van der Waals surface area (Å²) in [5.41, 5.74) is -0.506. The monoisotopic (exact) mass is 440 g/mol. The maximum Gasteiger partial charge on any atom is 0.306 e. The van der Waals surface area contributed by atoms with E-state index in [2.05, 4.69) is 15.9 Å². The molecule has 2 aromatic rings. The van der Waals surface area contributed by atoms with Gasteiger partial charge in [-0.1, -0.05) is 29.8 Å². The van der Waals surface area contributed by atoms with Gasteiger partial charge < -0.3 is 14.3 Å². The van der Waals surface area contributed by atoms with Gasteiger partial charge >= 0.3 is 5.97 Å². The van der Waals surface area contributed by atoms with E-state index in [1.165, 1.54) is 24.9 Å². The first-order valence-corrected chi connectivity index (χ1v) is 9.90. The fourth-order valence-corrected chi connectivity index (χ4v) is 3.50. The van der Waals surface area contributed by atoms with Crippen molar-refractivity contribution >= 4 is 33.7 Å². The Morgan fingerprint density at radius 2 is 1.96 bits per heavy atom. The lowest BCUT2D eigenvalue weighted by molar-refractivity contribution is -0.141. The first-order chi connectivity index (χ1) is 12.3. The third kappa shape index (κ3) is 5.38. The van der Waals surface area contributed by atoms with E-state index in [9.17, 15) is 14.7 Å². The normalized spacial score (nSPS) is 12.2. The van der Waals surface area contributed by atoms with Gasteiger partial charge in [0.05, 0.1) is 19.3 Å². The van der Waals surface area contributed by atoms with E-state index < -0.39 is 23.1 Å². The molecule has 0 radical (unpaired) electrons. The van der Waals surface area contributed by atoms with Crippen molar-refractivity contribution in [2.45, 2.75) is 36.8 Å². The average Bonchev–Trinajstić information content (AvgIpc) is 2.61. The van der Waals surface area contributed by atoms with E-state index >= 15 is 0 Å². The van der Waals surface area contributed by atoms with Crippen LogP contribution < -0.4 is 5.43 Å². The summed E-state index contributed by atoms with van der Waals surface area (Å²) in [4.78, 5) is 24.9. The fraction of sp³-hybridized carbons (Fsp3) is 0.368. The molecule has 0 bridgehead atoms. The topological polar surface area (TPSA) is 76.7 Å². The number of halogens is 1. The van der Waals surface area contributed by atoms with E-state index in [0.29, 0.717) is 11.5 Å². The molecule has 1 heterocycles. The number of methoxy groups -OCH3 is 1. The van der Waals surface area contributed by atoms with Crippen LogP contribution in [0, 0.1) is 5.92 Å². The molecule has 0 aliphatic carbocycles. The second kappa shape index (κ2) is 9.28.